The summed E-state index contributed by atoms with van der Waals surface area (Å²) in [4.78, 5) is 11.1. The Balaban J connectivity index is 3.22. The second-order valence-electron chi connectivity index (χ2n) is 3.28. The summed E-state index contributed by atoms with van der Waals surface area (Å²) in [6.07, 6.45) is -3.29. The number of carbonyl (C=O) groups is 1. The van der Waals surface area contributed by atoms with Crippen LogP contribution in [0.15, 0.2) is 18.2 Å². The molecular formula is C11H12F2O3. The summed E-state index contributed by atoms with van der Waals surface area (Å²) in [5.41, 5.74) is -0.428. The Hall–Kier alpha value is -1.49. The molecule has 3 nitrogen and oxygen atoms in total. The minimum absolute atomic E-state index is 0.109. The number of alkyl halides is 1. The van der Waals surface area contributed by atoms with Crippen LogP contribution in [0.2, 0.25) is 0 Å². The first-order valence-electron chi connectivity index (χ1n) is 4.67. The lowest BCUT2D eigenvalue weighted by atomic mass is 9.99. The van der Waals surface area contributed by atoms with Crippen molar-refractivity contribution >= 4 is 5.97 Å². The number of aliphatic hydroxyl groups is 1. The monoisotopic (exact) mass is 230 g/mol. The van der Waals surface area contributed by atoms with E-state index in [9.17, 15) is 18.7 Å². The molecule has 1 N–H and O–H groups in total. The van der Waals surface area contributed by atoms with Gasteiger partial charge in [0.25, 0.3) is 0 Å². The molecule has 0 aliphatic carbocycles. The van der Waals surface area contributed by atoms with E-state index in [1.165, 1.54) is 12.1 Å². The first kappa shape index (κ1) is 12.6. The van der Waals surface area contributed by atoms with Crippen molar-refractivity contribution in [3.05, 3.63) is 35.1 Å². The smallest absolute Gasteiger partial charge is 0.339 e. The van der Waals surface area contributed by atoms with E-state index in [-0.39, 0.29) is 11.1 Å². The Bertz CT molecular complexity index is 391. The third-order valence-electron chi connectivity index (χ3n) is 2.20. The van der Waals surface area contributed by atoms with Gasteiger partial charge in [0.2, 0.25) is 0 Å². The van der Waals surface area contributed by atoms with Gasteiger partial charge in [0.1, 0.15) is 12.0 Å². The van der Waals surface area contributed by atoms with E-state index in [0.717, 1.165) is 20.1 Å². The van der Waals surface area contributed by atoms with E-state index in [0.29, 0.717) is 0 Å². The summed E-state index contributed by atoms with van der Waals surface area (Å²) in [5, 5.41) is 9.54. The summed E-state index contributed by atoms with van der Waals surface area (Å²) in [6.45, 7) is 1.13. The zero-order chi connectivity index (χ0) is 12.3. The molecule has 0 amide bonds. The highest BCUT2D eigenvalue weighted by molar-refractivity contribution is 5.76. The molecule has 5 heteroatoms. The van der Waals surface area contributed by atoms with E-state index in [4.69, 9.17) is 0 Å². The molecule has 0 saturated heterocycles. The average molecular weight is 230 g/mol. The molecule has 0 saturated carbocycles. The quantitative estimate of drug-likeness (QED) is 0.808. The third kappa shape index (κ3) is 2.36. The second kappa shape index (κ2) is 5.03. The summed E-state index contributed by atoms with van der Waals surface area (Å²) in [6, 6.07) is 3.65. The van der Waals surface area contributed by atoms with Crippen LogP contribution in [0.5, 0.6) is 0 Å². The van der Waals surface area contributed by atoms with Gasteiger partial charge in [0.15, 0.2) is 6.10 Å². The van der Waals surface area contributed by atoms with E-state index >= 15 is 0 Å². The molecule has 0 fully saturated rings. The number of esters is 1. The van der Waals surface area contributed by atoms with Crippen LogP contribution in [0.3, 0.4) is 0 Å². The fourth-order valence-electron chi connectivity index (χ4n) is 1.45. The molecule has 2 unspecified atom stereocenters. The topological polar surface area (TPSA) is 46.5 Å². The maximum Gasteiger partial charge on any atom is 0.339 e. The molecule has 0 aromatic heterocycles. The number of methoxy groups -OCH3 is 1. The number of carbonyl (C=O) groups excluding carboxylic acids is 1. The number of ether oxygens (including phenoxy) is 1. The van der Waals surface area contributed by atoms with Crippen LogP contribution in [0, 0.1) is 5.82 Å². The SMILES string of the molecule is COC(=O)C(O)c1cccc(F)c1C(C)F. The third-order valence-corrected chi connectivity index (χ3v) is 2.20. The number of aliphatic hydroxyl groups excluding tert-OH is 1. The van der Waals surface area contributed by atoms with Gasteiger partial charge in [0, 0.05) is 11.1 Å². The highest BCUT2D eigenvalue weighted by Crippen LogP contribution is 2.29. The van der Waals surface area contributed by atoms with E-state index in [1.807, 2.05) is 0 Å². The summed E-state index contributed by atoms with van der Waals surface area (Å²) >= 11 is 0. The normalized spacial score (nSPS) is 14.3. The second-order valence-corrected chi connectivity index (χ2v) is 3.28. The van der Waals surface area contributed by atoms with Crippen molar-refractivity contribution < 1.29 is 23.4 Å². The zero-order valence-corrected chi connectivity index (χ0v) is 8.91. The highest BCUT2D eigenvalue weighted by atomic mass is 19.1. The van der Waals surface area contributed by atoms with Crippen LogP contribution in [-0.4, -0.2) is 18.2 Å². The lowest BCUT2D eigenvalue weighted by Crippen LogP contribution is -2.16. The molecule has 1 rings (SSSR count). The Morgan fingerprint density at radius 3 is 2.62 bits per heavy atom. The summed E-state index contributed by atoms with van der Waals surface area (Å²) in [5.74, 6) is -1.75. The molecule has 88 valence electrons. The van der Waals surface area contributed by atoms with Crippen LogP contribution in [0.1, 0.15) is 30.3 Å². The van der Waals surface area contributed by atoms with Gasteiger partial charge >= 0.3 is 5.97 Å². The Kier molecular flexibility index (Phi) is 3.95. The van der Waals surface area contributed by atoms with Crippen LogP contribution < -0.4 is 0 Å². The average Bonchev–Trinajstić information content (AvgIpc) is 2.26. The highest BCUT2D eigenvalue weighted by Gasteiger charge is 2.25. The Labute approximate surface area is 91.7 Å². The van der Waals surface area contributed by atoms with Crippen molar-refractivity contribution in [3.63, 3.8) is 0 Å². The minimum atomic E-state index is -1.67. The van der Waals surface area contributed by atoms with Crippen LogP contribution >= 0.6 is 0 Å². The Morgan fingerprint density at radius 2 is 2.12 bits per heavy atom. The molecule has 16 heavy (non-hydrogen) atoms. The van der Waals surface area contributed by atoms with Crippen molar-refractivity contribution in [3.8, 4) is 0 Å². The largest absolute Gasteiger partial charge is 0.467 e. The maximum absolute atomic E-state index is 13.3. The first-order valence-corrected chi connectivity index (χ1v) is 4.67. The molecule has 2 atom stereocenters. The van der Waals surface area contributed by atoms with Gasteiger partial charge in [-0.3, -0.25) is 0 Å². The van der Waals surface area contributed by atoms with Crippen molar-refractivity contribution in [1.82, 2.24) is 0 Å². The molecule has 0 spiro atoms. The van der Waals surface area contributed by atoms with Gasteiger partial charge in [-0.05, 0) is 13.0 Å². The Morgan fingerprint density at radius 1 is 1.50 bits per heavy atom. The van der Waals surface area contributed by atoms with Crippen molar-refractivity contribution in [2.24, 2.45) is 0 Å². The van der Waals surface area contributed by atoms with Gasteiger partial charge in [-0.15, -0.1) is 0 Å². The lowest BCUT2D eigenvalue weighted by molar-refractivity contribution is -0.150. The standard InChI is InChI=1S/C11H12F2O3/c1-6(12)9-7(4-3-5-8(9)13)10(14)11(15)16-2/h3-6,10,14H,1-2H3. The fraction of sp³-hybridized carbons (Fsp3) is 0.364. The lowest BCUT2D eigenvalue weighted by Gasteiger charge is -2.15. The van der Waals surface area contributed by atoms with Gasteiger partial charge < -0.3 is 9.84 Å². The molecule has 0 heterocycles. The van der Waals surface area contributed by atoms with Gasteiger partial charge in [-0.1, -0.05) is 12.1 Å². The molecular weight excluding hydrogens is 218 g/mol. The number of hydrogen-bond donors (Lipinski definition) is 1. The molecule has 0 aliphatic heterocycles. The van der Waals surface area contributed by atoms with Gasteiger partial charge in [-0.25, -0.2) is 13.6 Å². The predicted octanol–water partition coefficient (Wildman–Crippen LogP) is 2.06. The number of benzene rings is 1. The van der Waals surface area contributed by atoms with Crippen LogP contribution in [-0.2, 0) is 9.53 Å². The van der Waals surface area contributed by atoms with E-state index in [2.05, 4.69) is 4.74 Å². The maximum atomic E-state index is 13.3. The molecule has 0 bridgehead atoms. The van der Waals surface area contributed by atoms with E-state index in [1.54, 1.807) is 0 Å². The zero-order valence-electron chi connectivity index (χ0n) is 8.91. The molecule has 1 aromatic rings. The van der Waals surface area contributed by atoms with Crippen LogP contribution in [0.25, 0.3) is 0 Å². The van der Waals surface area contributed by atoms with Crippen molar-refractivity contribution in [2.45, 2.75) is 19.2 Å². The van der Waals surface area contributed by atoms with Crippen molar-refractivity contribution in [1.29, 1.82) is 0 Å². The van der Waals surface area contributed by atoms with Gasteiger partial charge in [-0.2, -0.15) is 0 Å². The molecule has 0 aliphatic rings. The van der Waals surface area contributed by atoms with Crippen molar-refractivity contribution in [2.75, 3.05) is 7.11 Å². The minimum Gasteiger partial charge on any atom is -0.467 e. The first-order chi connectivity index (χ1) is 7.49. The summed E-state index contributed by atoms with van der Waals surface area (Å²) < 4.78 is 30.8. The van der Waals surface area contributed by atoms with E-state index < -0.39 is 24.1 Å². The fourth-order valence-corrected chi connectivity index (χ4v) is 1.45. The molecule has 1 aromatic carbocycles. The number of hydrogen-bond acceptors (Lipinski definition) is 3. The number of rotatable bonds is 3. The summed E-state index contributed by atoms with van der Waals surface area (Å²) in [7, 11) is 1.09. The predicted molar refractivity (Wildman–Crippen MR) is 52.9 cm³/mol. The van der Waals surface area contributed by atoms with Gasteiger partial charge in [0.05, 0.1) is 7.11 Å². The van der Waals surface area contributed by atoms with Crippen LogP contribution in [0.4, 0.5) is 8.78 Å². The molecule has 0 radical (unpaired) electrons. The number of halogens is 2.